The molecule has 0 aliphatic carbocycles. The second-order valence-electron chi connectivity index (χ2n) is 4.50. The molecule has 0 bridgehead atoms. The van der Waals surface area contributed by atoms with Gasteiger partial charge in [0.15, 0.2) is 5.96 Å². The predicted molar refractivity (Wildman–Crippen MR) is 82.3 cm³/mol. The van der Waals surface area contributed by atoms with E-state index in [4.69, 9.17) is 4.74 Å². The zero-order valence-corrected chi connectivity index (χ0v) is 13.2. The maximum Gasteiger partial charge on any atom is 0.387 e. The van der Waals surface area contributed by atoms with Crippen molar-refractivity contribution < 1.29 is 22.6 Å². The lowest BCUT2D eigenvalue weighted by atomic mass is 10.2. The molecule has 130 valence electrons. The number of nitrogens with zero attached hydrogens (tertiary/aromatic N) is 1. The summed E-state index contributed by atoms with van der Waals surface area (Å²) in [4.78, 5) is 3.98. The number of nitrogens with one attached hydrogen (secondary N) is 2. The van der Waals surface area contributed by atoms with E-state index in [0.29, 0.717) is 25.7 Å². The van der Waals surface area contributed by atoms with Crippen LogP contribution in [0, 0.1) is 5.82 Å². The van der Waals surface area contributed by atoms with E-state index in [-0.39, 0.29) is 17.9 Å². The Labute approximate surface area is 133 Å². The lowest BCUT2D eigenvalue weighted by Gasteiger charge is -2.15. The van der Waals surface area contributed by atoms with Gasteiger partial charge in [-0.2, -0.15) is 8.78 Å². The Morgan fingerprint density at radius 3 is 2.74 bits per heavy atom. The fourth-order valence-corrected chi connectivity index (χ4v) is 1.83. The van der Waals surface area contributed by atoms with Crippen molar-refractivity contribution in [3.05, 3.63) is 29.6 Å². The number of benzene rings is 1. The van der Waals surface area contributed by atoms with Crippen LogP contribution in [0.2, 0.25) is 0 Å². The van der Waals surface area contributed by atoms with Crippen LogP contribution < -0.4 is 15.4 Å². The molecular weight excluding hydrogens is 311 g/mol. The monoisotopic (exact) mass is 333 g/mol. The summed E-state index contributed by atoms with van der Waals surface area (Å²) in [7, 11) is 1.57. The minimum Gasteiger partial charge on any atom is -0.434 e. The van der Waals surface area contributed by atoms with Crippen molar-refractivity contribution in [3.8, 4) is 5.75 Å². The molecule has 0 spiro atoms. The molecule has 0 saturated carbocycles. The van der Waals surface area contributed by atoms with Gasteiger partial charge in [-0.05, 0) is 25.5 Å². The van der Waals surface area contributed by atoms with Crippen LogP contribution in [0.4, 0.5) is 13.2 Å². The Balaban J connectivity index is 2.55. The molecule has 0 fully saturated rings. The molecule has 5 nitrogen and oxygen atoms in total. The smallest absolute Gasteiger partial charge is 0.387 e. The van der Waals surface area contributed by atoms with Crippen molar-refractivity contribution in [1.29, 1.82) is 0 Å². The normalized spacial score (nSPS) is 11.7. The van der Waals surface area contributed by atoms with Crippen LogP contribution in [-0.2, 0) is 11.3 Å². The van der Waals surface area contributed by atoms with Gasteiger partial charge in [0.25, 0.3) is 0 Å². The van der Waals surface area contributed by atoms with Gasteiger partial charge in [0.2, 0.25) is 0 Å². The summed E-state index contributed by atoms with van der Waals surface area (Å²) in [6.45, 7) is 0.790. The molecule has 0 saturated heterocycles. The van der Waals surface area contributed by atoms with E-state index in [1.54, 1.807) is 7.05 Å². The average molecular weight is 333 g/mol. The second kappa shape index (κ2) is 10.7. The molecule has 2 N–H and O–H groups in total. The summed E-state index contributed by atoms with van der Waals surface area (Å²) in [5.41, 5.74) is 0.0186. The quantitative estimate of drug-likeness (QED) is 0.414. The largest absolute Gasteiger partial charge is 0.434 e. The van der Waals surface area contributed by atoms with Gasteiger partial charge in [-0.1, -0.05) is 6.07 Å². The zero-order valence-electron chi connectivity index (χ0n) is 13.2. The first kappa shape index (κ1) is 19.1. The number of halogens is 3. The number of guanidine groups is 1. The van der Waals surface area contributed by atoms with Gasteiger partial charge in [-0.3, -0.25) is 4.99 Å². The third-order valence-electron chi connectivity index (χ3n) is 2.91. The van der Waals surface area contributed by atoms with E-state index in [1.807, 2.05) is 6.92 Å². The molecule has 23 heavy (non-hydrogen) atoms. The van der Waals surface area contributed by atoms with Gasteiger partial charge in [0.1, 0.15) is 11.6 Å². The van der Waals surface area contributed by atoms with E-state index in [0.717, 1.165) is 6.42 Å². The molecular formula is C15H22F3N3O2. The molecule has 1 rings (SSSR count). The summed E-state index contributed by atoms with van der Waals surface area (Å²) in [6.07, 6.45) is 0.786. The first-order valence-electron chi connectivity index (χ1n) is 7.33. The molecule has 0 heterocycles. The second-order valence-corrected chi connectivity index (χ2v) is 4.50. The lowest BCUT2D eigenvalue weighted by molar-refractivity contribution is -0.0506. The van der Waals surface area contributed by atoms with Gasteiger partial charge in [-0.25, -0.2) is 4.39 Å². The molecule has 1 aromatic rings. The highest BCUT2D eigenvalue weighted by Gasteiger charge is 2.14. The third-order valence-corrected chi connectivity index (χ3v) is 2.91. The van der Waals surface area contributed by atoms with Gasteiger partial charge < -0.3 is 20.1 Å². The highest BCUT2D eigenvalue weighted by Crippen LogP contribution is 2.23. The minimum absolute atomic E-state index is 0.0186. The number of hydrogen-bond donors (Lipinski definition) is 2. The highest BCUT2D eigenvalue weighted by molar-refractivity contribution is 5.79. The van der Waals surface area contributed by atoms with E-state index in [9.17, 15) is 13.2 Å². The molecule has 0 aromatic heterocycles. The van der Waals surface area contributed by atoms with Crippen molar-refractivity contribution in [2.24, 2.45) is 4.99 Å². The molecule has 8 heteroatoms. The van der Waals surface area contributed by atoms with Crippen LogP contribution in [0.3, 0.4) is 0 Å². The summed E-state index contributed by atoms with van der Waals surface area (Å²) in [5.74, 6) is -0.380. The molecule has 0 atom stereocenters. The molecule has 0 aliphatic heterocycles. The average Bonchev–Trinajstić information content (AvgIpc) is 2.51. The number of alkyl halides is 2. The van der Waals surface area contributed by atoms with E-state index < -0.39 is 12.4 Å². The lowest BCUT2D eigenvalue weighted by Crippen LogP contribution is -2.37. The van der Waals surface area contributed by atoms with Gasteiger partial charge in [-0.15, -0.1) is 0 Å². The molecule has 1 aromatic carbocycles. The van der Waals surface area contributed by atoms with Crippen LogP contribution in [0.25, 0.3) is 0 Å². The number of rotatable bonds is 9. The zero-order chi connectivity index (χ0) is 17.1. The first-order chi connectivity index (χ1) is 11.1. The topological polar surface area (TPSA) is 54.9 Å². The van der Waals surface area contributed by atoms with Gasteiger partial charge in [0, 0.05) is 38.9 Å². The van der Waals surface area contributed by atoms with E-state index in [2.05, 4.69) is 20.4 Å². The summed E-state index contributed by atoms with van der Waals surface area (Å²) >= 11 is 0. The third kappa shape index (κ3) is 7.23. The minimum atomic E-state index is -3.01. The molecule has 0 unspecified atom stereocenters. The Hall–Kier alpha value is -1.96. The Morgan fingerprint density at radius 1 is 1.30 bits per heavy atom. The summed E-state index contributed by atoms with van der Waals surface area (Å²) < 4.78 is 48.0. The van der Waals surface area contributed by atoms with Crippen molar-refractivity contribution in [1.82, 2.24) is 10.6 Å². The Bertz CT molecular complexity index is 499. The first-order valence-corrected chi connectivity index (χ1v) is 7.33. The molecule has 0 aliphatic rings. The maximum absolute atomic E-state index is 13.8. The fourth-order valence-electron chi connectivity index (χ4n) is 1.83. The summed E-state index contributed by atoms with van der Waals surface area (Å²) in [5, 5.41) is 5.89. The van der Waals surface area contributed by atoms with E-state index in [1.165, 1.54) is 18.2 Å². The van der Waals surface area contributed by atoms with Crippen LogP contribution in [0.15, 0.2) is 23.2 Å². The standard InChI is InChI=1S/C15H22F3N3O2/c1-3-22-9-5-8-20-15(19-2)21-10-11-12(16)6-4-7-13(11)23-14(17)18/h4,6-7,14H,3,5,8-10H2,1-2H3,(H2,19,20,21). The predicted octanol–water partition coefficient (Wildman–Crippen LogP) is 2.52. The van der Waals surface area contributed by atoms with Crippen molar-refractivity contribution in [2.75, 3.05) is 26.8 Å². The Kier molecular flexibility index (Phi) is 8.89. The number of hydrogen-bond acceptors (Lipinski definition) is 3. The summed E-state index contributed by atoms with van der Waals surface area (Å²) in [6, 6.07) is 3.80. The maximum atomic E-state index is 13.8. The number of ether oxygens (including phenoxy) is 2. The molecule has 0 radical (unpaired) electrons. The SMILES string of the molecule is CCOCCCNC(=NC)NCc1c(F)cccc1OC(F)F. The Morgan fingerprint density at radius 2 is 2.09 bits per heavy atom. The van der Waals surface area contributed by atoms with Gasteiger partial charge >= 0.3 is 6.61 Å². The van der Waals surface area contributed by atoms with Crippen LogP contribution >= 0.6 is 0 Å². The highest BCUT2D eigenvalue weighted by atomic mass is 19.3. The molecule has 0 amide bonds. The van der Waals surface area contributed by atoms with E-state index >= 15 is 0 Å². The van der Waals surface area contributed by atoms with Crippen molar-refractivity contribution >= 4 is 5.96 Å². The van der Waals surface area contributed by atoms with Crippen LogP contribution in [0.1, 0.15) is 18.9 Å². The van der Waals surface area contributed by atoms with Crippen molar-refractivity contribution in [3.63, 3.8) is 0 Å². The van der Waals surface area contributed by atoms with Gasteiger partial charge in [0.05, 0.1) is 0 Å². The van der Waals surface area contributed by atoms with Crippen LogP contribution in [0.5, 0.6) is 5.75 Å². The van der Waals surface area contributed by atoms with Crippen LogP contribution in [-0.4, -0.2) is 39.4 Å². The number of aliphatic imine (C=N–C) groups is 1. The fraction of sp³-hybridized carbons (Fsp3) is 0.533. The van der Waals surface area contributed by atoms with Crippen molar-refractivity contribution in [2.45, 2.75) is 26.5 Å².